The summed E-state index contributed by atoms with van der Waals surface area (Å²) in [5.74, 6) is 1.40. The zero-order valence-corrected chi connectivity index (χ0v) is 18.1. The van der Waals surface area contributed by atoms with Crippen LogP contribution in [-0.2, 0) is 11.3 Å². The van der Waals surface area contributed by atoms with E-state index in [1.54, 1.807) is 7.05 Å². The van der Waals surface area contributed by atoms with Crippen LogP contribution in [0.2, 0.25) is 0 Å². The summed E-state index contributed by atoms with van der Waals surface area (Å²) in [5.41, 5.74) is 0.572. The summed E-state index contributed by atoms with van der Waals surface area (Å²) in [4.78, 5) is 20.2. The van der Waals surface area contributed by atoms with E-state index in [1.807, 2.05) is 39.1 Å². The first-order valence-corrected chi connectivity index (χ1v) is 10.4. The quantitative estimate of drug-likeness (QED) is 0.349. The van der Waals surface area contributed by atoms with Gasteiger partial charge >= 0.3 is 6.09 Å². The first-order chi connectivity index (χ1) is 13.9. The van der Waals surface area contributed by atoms with Crippen molar-refractivity contribution in [3.05, 3.63) is 23.9 Å². The number of alkyl carbamates (subject to hydrolysis) is 1. The molecular weight excluding hydrogens is 370 g/mol. The lowest BCUT2D eigenvalue weighted by molar-refractivity contribution is 0.0527. The molecule has 0 aromatic carbocycles. The number of hydrogen-bond acceptors (Lipinski definition) is 5. The molecule has 1 aliphatic rings. The topological polar surface area (TPSA) is 96.9 Å². The van der Waals surface area contributed by atoms with Crippen molar-refractivity contribution in [1.29, 1.82) is 0 Å². The summed E-state index contributed by atoms with van der Waals surface area (Å²) in [7, 11) is 1.73. The van der Waals surface area contributed by atoms with Crippen LogP contribution in [0.3, 0.4) is 0 Å². The van der Waals surface area contributed by atoms with Crippen LogP contribution in [0.5, 0.6) is 5.88 Å². The Labute approximate surface area is 173 Å². The highest BCUT2D eigenvalue weighted by Crippen LogP contribution is 2.22. The maximum absolute atomic E-state index is 11.6. The molecule has 0 aliphatic heterocycles. The molecule has 1 aromatic heterocycles. The molecule has 0 bridgehead atoms. The lowest BCUT2D eigenvalue weighted by atomic mass is 10.2. The monoisotopic (exact) mass is 405 g/mol. The van der Waals surface area contributed by atoms with Gasteiger partial charge in [-0.3, -0.25) is 4.99 Å². The molecule has 0 saturated heterocycles. The van der Waals surface area contributed by atoms with Gasteiger partial charge in [0, 0.05) is 38.9 Å². The predicted octanol–water partition coefficient (Wildman–Crippen LogP) is 2.98. The van der Waals surface area contributed by atoms with Crippen molar-refractivity contribution in [3.63, 3.8) is 0 Å². The van der Waals surface area contributed by atoms with Gasteiger partial charge in [0.1, 0.15) is 11.7 Å². The minimum atomic E-state index is -0.482. The minimum absolute atomic E-state index is 0.319. The number of hydrogen-bond donors (Lipinski definition) is 3. The Hall–Kier alpha value is -2.51. The molecule has 29 heavy (non-hydrogen) atoms. The molecule has 8 heteroatoms. The predicted molar refractivity (Wildman–Crippen MR) is 114 cm³/mol. The molecule has 0 atom stereocenters. The van der Waals surface area contributed by atoms with Gasteiger partial charge in [-0.25, -0.2) is 9.78 Å². The van der Waals surface area contributed by atoms with Gasteiger partial charge < -0.3 is 25.4 Å². The van der Waals surface area contributed by atoms with E-state index in [2.05, 4.69) is 25.9 Å². The molecule has 1 aliphatic carbocycles. The lowest BCUT2D eigenvalue weighted by Gasteiger charge is -2.19. The molecule has 2 rings (SSSR count). The van der Waals surface area contributed by atoms with E-state index in [-0.39, 0.29) is 0 Å². The maximum atomic E-state index is 11.6. The zero-order valence-electron chi connectivity index (χ0n) is 18.1. The third-order valence-corrected chi connectivity index (χ3v) is 4.38. The van der Waals surface area contributed by atoms with E-state index < -0.39 is 11.7 Å². The fourth-order valence-corrected chi connectivity index (χ4v) is 2.97. The fraction of sp³-hybridized carbons (Fsp3) is 0.667. The molecule has 0 radical (unpaired) electrons. The Morgan fingerprint density at radius 1 is 1.17 bits per heavy atom. The third-order valence-electron chi connectivity index (χ3n) is 4.38. The molecule has 1 aromatic rings. The van der Waals surface area contributed by atoms with E-state index in [1.165, 1.54) is 12.8 Å². The second-order valence-corrected chi connectivity index (χ2v) is 8.16. The number of pyridine rings is 1. The van der Waals surface area contributed by atoms with Crippen molar-refractivity contribution in [2.75, 3.05) is 20.1 Å². The average Bonchev–Trinajstić information content (AvgIpc) is 3.17. The summed E-state index contributed by atoms with van der Waals surface area (Å²) >= 11 is 0. The molecule has 1 heterocycles. The van der Waals surface area contributed by atoms with Crippen LogP contribution >= 0.6 is 0 Å². The highest BCUT2D eigenvalue weighted by molar-refractivity contribution is 5.79. The van der Waals surface area contributed by atoms with Gasteiger partial charge in [-0.2, -0.15) is 0 Å². The van der Waals surface area contributed by atoms with Crippen LogP contribution in [0.15, 0.2) is 23.3 Å². The van der Waals surface area contributed by atoms with E-state index in [0.717, 1.165) is 24.8 Å². The van der Waals surface area contributed by atoms with Crippen molar-refractivity contribution in [3.8, 4) is 5.88 Å². The number of ether oxygens (including phenoxy) is 2. The number of guanidine groups is 1. The second kappa shape index (κ2) is 11.5. The largest absolute Gasteiger partial charge is 0.474 e. The molecule has 1 amide bonds. The average molecular weight is 406 g/mol. The summed E-state index contributed by atoms with van der Waals surface area (Å²) in [6.07, 6.45) is 7.25. The van der Waals surface area contributed by atoms with Gasteiger partial charge in [-0.1, -0.05) is 6.07 Å². The summed E-state index contributed by atoms with van der Waals surface area (Å²) < 4.78 is 11.1. The van der Waals surface area contributed by atoms with Crippen molar-refractivity contribution >= 4 is 12.1 Å². The third kappa shape index (κ3) is 9.49. The van der Waals surface area contributed by atoms with Crippen molar-refractivity contribution in [2.24, 2.45) is 4.99 Å². The molecule has 3 N–H and O–H groups in total. The van der Waals surface area contributed by atoms with Crippen LogP contribution in [0.1, 0.15) is 58.4 Å². The highest BCUT2D eigenvalue weighted by Gasteiger charge is 2.17. The van der Waals surface area contributed by atoms with Gasteiger partial charge in [0.2, 0.25) is 5.88 Å². The van der Waals surface area contributed by atoms with Crippen LogP contribution in [0.25, 0.3) is 0 Å². The van der Waals surface area contributed by atoms with E-state index in [9.17, 15) is 4.79 Å². The van der Waals surface area contributed by atoms with E-state index in [0.29, 0.717) is 37.6 Å². The van der Waals surface area contributed by atoms with Gasteiger partial charge in [0.25, 0.3) is 0 Å². The summed E-state index contributed by atoms with van der Waals surface area (Å²) in [6, 6.07) is 3.94. The zero-order chi connectivity index (χ0) is 21.1. The van der Waals surface area contributed by atoms with Crippen LogP contribution in [-0.4, -0.2) is 48.9 Å². The molecular formula is C21H35N5O3. The van der Waals surface area contributed by atoms with Crippen molar-refractivity contribution in [1.82, 2.24) is 20.9 Å². The van der Waals surface area contributed by atoms with Gasteiger partial charge in [-0.15, -0.1) is 0 Å². The molecule has 1 fully saturated rings. The maximum Gasteiger partial charge on any atom is 0.407 e. The Kier molecular flexibility index (Phi) is 9.02. The molecule has 8 nitrogen and oxygen atoms in total. The molecule has 162 valence electrons. The lowest BCUT2D eigenvalue weighted by Crippen LogP contribution is -2.39. The number of aromatic nitrogens is 1. The SMILES string of the molecule is CN=C(NCCCNC(=O)OC(C)(C)C)NCc1ccc(OC2CCCC2)nc1. The minimum Gasteiger partial charge on any atom is -0.474 e. The molecule has 0 unspecified atom stereocenters. The van der Waals surface area contributed by atoms with Gasteiger partial charge in [-0.05, 0) is 58.4 Å². The smallest absolute Gasteiger partial charge is 0.407 e. The van der Waals surface area contributed by atoms with Crippen LogP contribution in [0, 0.1) is 0 Å². The Morgan fingerprint density at radius 2 is 1.90 bits per heavy atom. The first kappa shape index (κ1) is 22.8. The first-order valence-electron chi connectivity index (χ1n) is 10.4. The number of nitrogens with one attached hydrogen (secondary N) is 3. The number of aliphatic imine (C=N–C) groups is 1. The van der Waals surface area contributed by atoms with Crippen LogP contribution < -0.4 is 20.7 Å². The normalized spacial score (nSPS) is 15.1. The standard InChI is InChI=1S/C21H35N5O3/c1-21(2,3)29-20(27)24-13-7-12-23-19(22-4)26-15-16-10-11-18(25-14-16)28-17-8-5-6-9-17/h10-11,14,17H,5-9,12-13,15H2,1-4H3,(H,24,27)(H2,22,23,26). The number of nitrogens with zero attached hydrogens (tertiary/aromatic N) is 2. The molecule has 0 spiro atoms. The van der Waals surface area contributed by atoms with E-state index >= 15 is 0 Å². The Morgan fingerprint density at radius 3 is 2.52 bits per heavy atom. The second-order valence-electron chi connectivity index (χ2n) is 8.16. The highest BCUT2D eigenvalue weighted by atomic mass is 16.6. The van der Waals surface area contributed by atoms with Gasteiger partial charge in [0.15, 0.2) is 5.96 Å². The number of rotatable bonds is 8. The fourth-order valence-electron chi connectivity index (χ4n) is 2.97. The Bertz CT molecular complexity index is 649. The van der Waals surface area contributed by atoms with Crippen LogP contribution in [0.4, 0.5) is 4.79 Å². The summed E-state index contributed by atoms with van der Waals surface area (Å²) in [5, 5.41) is 9.22. The van der Waals surface area contributed by atoms with Crippen molar-refractivity contribution in [2.45, 2.75) is 71.1 Å². The van der Waals surface area contributed by atoms with Crippen molar-refractivity contribution < 1.29 is 14.3 Å². The number of carbonyl (C=O) groups excluding carboxylic acids is 1. The van der Waals surface area contributed by atoms with Gasteiger partial charge in [0.05, 0.1) is 0 Å². The van der Waals surface area contributed by atoms with E-state index in [4.69, 9.17) is 9.47 Å². The summed E-state index contributed by atoms with van der Waals surface area (Å²) in [6.45, 7) is 7.36. The molecule has 1 saturated carbocycles. The Balaban J connectivity index is 1.61. The number of carbonyl (C=O) groups is 1. The number of amides is 1.